The van der Waals surface area contributed by atoms with E-state index in [1.807, 2.05) is 12.1 Å². The lowest BCUT2D eigenvalue weighted by Gasteiger charge is -2.16. The van der Waals surface area contributed by atoms with Crippen molar-refractivity contribution in [2.24, 2.45) is 0 Å². The van der Waals surface area contributed by atoms with Crippen LogP contribution in [0.1, 0.15) is 11.1 Å². The van der Waals surface area contributed by atoms with Crippen molar-refractivity contribution in [2.45, 2.75) is 0 Å². The smallest absolute Gasteiger partial charge is 0.400 e. The summed E-state index contributed by atoms with van der Waals surface area (Å²) in [5, 5.41) is 17.9. The molecule has 0 N–H and O–H groups in total. The Kier molecular flexibility index (Phi) is 6.47. The van der Waals surface area contributed by atoms with Gasteiger partial charge in [-0.2, -0.15) is 10.5 Å². The maximum atomic E-state index is 13.0. The maximum absolute atomic E-state index is 13.0. The zero-order valence-electron chi connectivity index (χ0n) is 14.8. The average Bonchev–Trinajstić information content (AvgIpc) is 2.77. The SMILES string of the molecule is N#Cc1cccc(OOP(=O)(OOc2cccc(C#N)c2)Oc2ccccc2)c1. The van der Waals surface area contributed by atoms with Crippen LogP contribution >= 0.6 is 7.82 Å². The lowest BCUT2D eigenvalue weighted by Crippen LogP contribution is -2.08. The third kappa shape index (κ3) is 5.83. The lowest BCUT2D eigenvalue weighted by molar-refractivity contribution is -0.185. The fourth-order valence-electron chi connectivity index (χ4n) is 2.07. The summed E-state index contributed by atoms with van der Waals surface area (Å²) in [5.74, 6) is 0.395. The summed E-state index contributed by atoms with van der Waals surface area (Å²) in [7, 11) is -4.43. The summed E-state index contributed by atoms with van der Waals surface area (Å²) >= 11 is 0. The first-order valence-corrected chi connectivity index (χ1v) is 9.64. The highest BCUT2D eigenvalue weighted by Crippen LogP contribution is 2.50. The van der Waals surface area contributed by atoms with Gasteiger partial charge in [0.2, 0.25) is 0 Å². The number of benzene rings is 3. The molecule has 0 aliphatic rings. The van der Waals surface area contributed by atoms with Gasteiger partial charge in [-0.3, -0.25) is 0 Å². The Hall–Kier alpha value is -3.81. The van der Waals surface area contributed by atoms with Gasteiger partial charge in [-0.05, 0) is 36.4 Å². The Bertz CT molecular complexity index is 1040. The molecule has 0 radical (unpaired) electrons. The summed E-state index contributed by atoms with van der Waals surface area (Å²) in [6, 6.07) is 24.0. The second-order valence-corrected chi connectivity index (χ2v) is 6.82. The van der Waals surface area contributed by atoms with Crippen LogP contribution in [-0.4, -0.2) is 0 Å². The van der Waals surface area contributed by atoms with Gasteiger partial charge < -0.3 is 14.3 Å². The van der Waals surface area contributed by atoms with E-state index in [9.17, 15) is 4.57 Å². The van der Waals surface area contributed by atoms with Gasteiger partial charge in [-0.1, -0.05) is 39.7 Å². The van der Waals surface area contributed by atoms with Crippen molar-refractivity contribution in [3.05, 3.63) is 90.0 Å². The summed E-state index contributed by atoms with van der Waals surface area (Å²) in [6.07, 6.45) is 0. The van der Waals surface area contributed by atoms with Gasteiger partial charge in [0.1, 0.15) is 5.75 Å². The quantitative estimate of drug-likeness (QED) is 0.293. The minimum atomic E-state index is -4.43. The van der Waals surface area contributed by atoms with E-state index < -0.39 is 7.82 Å². The number of hydrogen-bond acceptors (Lipinski definition) is 8. The molecule has 0 saturated heterocycles. The van der Waals surface area contributed by atoms with E-state index in [1.165, 1.54) is 36.4 Å². The molecule has 0 aliphatic heterocycles. The molecule has 0 bridgehead atoms. The Balaban J connectivity index is 1.76. The molecule has 144 valence electrons. The maximum Gasteiger partial charge on any atom is 0.604 e. The van der Waals surface area contributed by atoms with Crippen LogP contribution in [0.4, 0.5) is 0 Å². The van der Waals surface area contributed by atoms with Gasteiger partial charge >= 0.3 is 7.82 Å². The first-order valence-electron chi connectivity index (χ1n) is 8.18. The highest BCUT2D eigenvalue weighted by molar-refractivity contribution is 7.48. The molecule has 0 amide bonds. The van der Waals surface area contributed by atoms with E-state index in [0.29, 0.717) is 11.1 Å². The summed E-state index contributed by atoms with van der Waals surface area (Å²) in [6.45, 7) is 0. The zero-order chi connectivity index (χ0) is 20.5. The summed E-state index contributed by atoms with van der Waals surface area (Å²) in [5.41, 5.74) is 0.630. The molecule has 0 aromatic heterocycles. The summed E-state index contributed by atoms with van der Waals surface area (Å²) in [4.78, 5) is 10.0. The van der Waals surface area contributed by atoms with Gasteiger partial charge in [0.15, 0.2) is 11.5 Å². The molecule has 0 spiro atoms. The number of para-hydroxylation sites is 1. The normalized spacial score (nSPS) is 10.4. The first kappa shape index (κ1) is 19.9. The highest BCUT2D eigenvalue weighted by atomic mass is 31.2. The van der Waals surface area contributed by atoms with E-state index in [-0.39, 0.29) is 17.2 Å². The van der Waals surface area contributed by atoms with Crippen LogP contribution in [0.25, 0.3) is 0 Å². The van der Waals surface area contributed by atoms with Crippen molar-refractivity contribution in [1.29, 1.82) is 10.5 Å². The molecule has 0 heterocycles. The molecule has 0 aliphatic carbocycles. The second kappa shape index (κ2) is 9.41. The zero-order valence-corrected chi connectivity index (χ0v) is 15.7. The average molecular weight is 408 g/mol. The Morgan fingerprint density at radius 2 is 1.14 bits per heavy atom. The Labute approximate surface area is 166 Å². The largest absolute Gasteiger partial charge is 0.604 e. The third-order valence-corrected chi connectivity index (χ3v) is 4.28. The van der Waals surface area contributed by atoms with E-state index in [4.69, 9.17) is 34.2 Å². The molecular weight excluding hydrogens is 395 g/mol. The van der Waals surface area contributed by atoms with Crippen molar-refractivity contribution in [1.82, 2.24) is 0 Å². The van der Waals surface area contributed by atoms with Crippen molar-refractivity contribution < 1.29 is 28.2 Å². The minimum Gasteiger partial charge on any atom is -0.400 e. The molecule has 3 rings (SSSR count). The molecular formula is C20H13N2O6P. The highest BCUT2D eigenvalue weighted by Gasteiger charge is 2.34. The van der Waals surface area contributed by atoms with E-state index in [1.54, 1.807) is 42.5 Å². The van der Waals surface area contributed by atoms with Crippen molar-refractivity contribution in [3.8, 4) is 29.4 Å². The minimum absolute atomic E-state index is 0.107. The van der Waals surface area contributed by atoms with Crippen molar-refractivity contribution in [3.63, 3.8) is 0 Å². The Morgan fingerprint density at radius 1 is 0.655 bits per heavy atom. The first-order chi connectivity index (χ1) is 14.1. The molecule has 3 aromatic rings. The van der Waals surface area contributed by atoms with Gasteiger partial charge in [0, 0.05) is 12.1 Å². The van der Waals surface area contributed by atoms with Gasteiger partial charge in [-0.25, -0.2) is 4.57 Å². The molecule has 8 nitrogen and oxygen atoms in total. The molecule has 0 saturated carbocycles. The van der Waals surface area contributed by atoms with E-state index in [0.717, 1.165) is 0 Å². The predicted molar refractivity (Wildman–Crippen MR) is 100 cm³/mol. The van der Waals surface area contributed by atoms with Crippen LogP contribution in [-0.2, 0) is 13.9 Å². The van der Waals surface area contributed by atoms with E-state index >= 15 is 0 Å². The number of phosphoric acid groups is 1. The van der Waals surface area contributed by atoms with Crippen LogP contribution in [0.5, 0.6) is 17.2 Å². The van der Waals surface area contributed by atoms with Gasteiger partial charge in [0.05, 0.1) is 23.3 Å². The van der Waals surface area contributed by atoms with Crippen molar-refractivity contribution >= 4 is 7.82 Å². The second-order valence-electron chi connectivity index (χ2n) is 5.45. The fraction of sp³-hybridized carbons (Fsp3) is 0. The third-order valence-electron chi connectivity index (χ3n) is 3.34. The summed E-state index contributed by atoms with van der Waals surface area (Å²) < 4.78 is 28.1. The molecule has 0 unspecified atom stereocenters. The Morgan fingerprint density at radius 3 is 1.62 bits per heavy atom. The standard InChI is InChI=1S/C20H13N2O6P/c21-14-16-6-4-10-19(12-16)24-27-29(23,26-18-8-2-1-3-9-18)28-25-20-11-5-7-17(13-20)15-22/h1-13H. The molecule has 9 heteroatoms. The molecule has 29 heavy (non-hydrogen) atoms. The van der Waals surface area contributed by atoms with Gasteiger partial charge in [0.25, 0.3) is 0 Å². The van der Waals surface area contributed by atoms with Crippen LogP contribution in [0, 0.1) is 22.7 Å². The van der Waals surface area contributed by atoms with Gasteiger partial charge in [-0.15, -0.1) is 0 Å². The monoisotopic (exact) mass is 408 g/mol. The molecule has 3 aromatic carbocycles. The number of rotatable bonds is 8. The fourth-order valence-corrected chi connectivity index (χ4v) is 2.89. The van der Waals surface area contributed by atoms with Crippen LogP contribution in [0.2, 0.25) is 0 Å². The topological polar surface area (TPSA) is 111 Å². The molecule has 0 fully saturated rings. The predicted octanol–water partition coefficient (Wildman–Crippen LogP) is 4.94. The van der Waals surface area contributed by atoms with Crippen LogP contribution in [0.15, 0.2) is 78.9 Å². The number of hydrogen-bond donors (Lipinski definition) is 0. The van der Waals surface area contributed by atoms with Crippen LogP contribution in [0.3, 0.4) is 0 Å². The van der Waals surface area contributed by atoms with Crippen LogP contribution < -0.4 is 14.3 Å². The van der Waals surface area contributed by atoms with Crippen molar-refractivity contribution in [2.75, 3.05) is 0 Å². The number of nitrogens with zero attached hydrogens (tertiary/aromatic N) is 2. The molecule has 0 atom stereocenters. The lowest BCUT2D eigenvalue weighted by atomic mass is 10.2. The van der Waals surface area contributed by atoms with E-state index in [2.05, 4.69) is 0 Å². The number of nitriles is 2.